The standard InChI is InChI=1S/C8H11N3.ClH/c1-2-7(10-4-1)8-3-5-9-6-11-8;/h3,5-7,10H,1-2,4H2;1H. The molecule has 0 aliphatic carbocycles. The van der Waals surface area contributed by atoms with Crippen LogP contribution in [-0.2, 0) is 0 Å². The summed E-state index contributed by atoms with van der Waals surface area (Å²) < 4.78 is 0. The van der Waals surface area contributed by atoms with Crippen molar-refractivity contribution in [3.8, 4) is 0 Å². The average Bonchev–Trinajstić information content (AvgIpc) is 2.58. The zero-order chi connectivity index (χ0) is 7.52. The lowest BCUT2D eigenvalue weighted by Crippen LogP contribution is -2.13. The molecule has 0 radical (unpaired) electrons. The van der Waals surface area contributed by atoms with Gasteiger partial charge in [-0.15, -0.1) is 12.4 Å². The van der Waals surface area contributed by atoms with E-state index in [1.165, 1.54) is 12.8 Å². The van der Waals surface area contributed by atoms with Crippen LogP contribution in [0.5, 0.6) is 0 Å². The number of rotatable bonds is 1. The van der Waals surface area contributed by atoms with Crippen LogP contribution in [0.3, 0.4) is 0 Å². The van der Waals surface area contributed by atoms with Crippen LogP contribution in [0.4, 0.5) is 0 Å². The Bertz CT molecular complexity index is 221. The van der Waals surface area contributed by atoms with Gasteiger partial charge in [0.2, 0.25) is 0 Å². The maximum absolute atomic E-state index is 4.19. The fourth-order valence-corrected chi connectivity index (χ4v) is 1.44. The van der Waals surface area contributed by atoms with Crippen molar-refractivity contribution in [2.45, 2.75) is 18.9 Å². The molecule has 1 aliphatic heterocycles. The molecule has 1 aliphatic rings. The smallest absolute Gasteiger partial charge is 0.115 e. The summed E-state index contributed by atoms with van der Waals surface area (Å²) >= 11 is 0. The summed E-state index contributed by atoms with van der Waals surface area (Å²) in [5.74, 6) is 0. The first kappa shape index (κ1) is 9.42. The van der Waals surface area contributed by atoms with Gasteiger partial charge in [-0.3, -0.25) is 0 Å². The highest BCUT2D eigenvalue weighted by atomic mass is 35.5. The molecule has 4 heteroatoms. The average molecular weight is 186 g/mol. The van der Waals surface area contributed by atoms with Crippen LogP contribution in [0, 0.1) is 0 Å². The monoisotopic (exact) mass is 185 g/mol. The quantitative estimate of drug-likeness (QED) is 0.717. The number of hydrogen-bond donors (Lipinski definition) is 1. The van der Waals surface area contributed by atoms with E-state index in [9.17, 15) is 0 Å². The molecule has 66 valence electrons. The Morgan fingerprint density at radius 1 is 1.50 bits per heavy atom. The molecule has 0 saturated carbocycles. The highest BCUT2D eigenvalue weighted by Gasteiger charge is 2.16. The van der Waals surface area contributed by atoms with Gasteiger partial charge in [0.25, 0.3) is 0 Å². The molecule has 1 aromatic rings. The molecule has 0 amide bonds. The molecular weight excluding hydrogens is 174 g/mol. The van der Waals surface area contributed by atoms with Crippen molar-refractivity contribution >= 4 is 12.4 Å². The molecule has 1 saturated heterocycles. The van der Waals surface area contributed by atoms with Crippen LogP contribution >= 0.6 is 12.4 Å². The molecule has 0 bridgehead atoms. The van der Waals surface area contributed by atoms with E-state index in [0.717, 1.165) is 12.2 Å². The second-order valence-corrected chi connectivity index (χ2v) is 2.78. The summed E-state index contributed by atoms with van der Waals surface area (Å²) in [6.45, 7) is 1.12. The zero-order valence-electron chi connectivity index (χ0n) is 6.73. The van der Waals surface area contributed by atoms with Gasteiger partial charge < -0.3 is 5.32 Å². The topological polar surface area (TPSA) is 37.8 Å². The fourth-order valence-electron chi connectivity index (χ4n) is 1.44. The maximum Gasteiger partial charge on any atom is 0.115 e. The third-order valence-electron chi connectivity index (χ3n) is 2.02. The van der Waals surface area contributed by atoms with Gasteiger partial charge in [0, 0.05) is 12.2 Å². The lowest BCUT2D eigenvalue weighted by Gasteiger charge is -2.07. The Morgan fingerprint density at radius 2 is 2.42 bits per heavy atom. The molecule has 3 nitrogen and oxygen atoms in total. The highest BCUT2D eigenvalue weighted by molar-refractivity contribution is 5.85. The Balaban J connectivity index is 0.000000720. The van der Waals surface area contributed by atoms with Gasteiger partial charge in [-0.05, 0) is 25.5 Å². The second-order valence-electron chi connectivity index (χ2n) is 2.78. The van der Waals surface area contributed by atoms with E-state index in [-0.39, 0.29) is 12.4 Å². The fraction of sp³-hybridized carbons (Fsp3) is 0.500. The molecule has 12 heavy (non-hydrogen) atoms. The number of nitrogens with zero attached hydrogens (tertiary/aromatic N) is 2. The van der Waals surface area contributed by atoms with Gasteiger partial charge in [0.1, 0.15) is 6.33 Å². The van der Waals surface area contributed by atoms with E-state index < -0.39 is 0 Å². The van der Waals surface area contributed by atoms with Gasteiger partial charge in [0.15, 0.2) is 0 Å². The van der Waals surface area contributed by atoms with Gasteiger partial charge >= 0.3 is 0 Å². The predicted octanol–water partition coefficient (Wildman–Crippen LogP) is 1.32. The minimum absolute atomic E-state index is 0. The van der Waals surface area contributed by atoms with Crippen molar-refractivity contribution in [1.82, 2.24) is 15.3 Å². The molecule has 0 aromatic carbocycles. The van der Waals surface area contributed by atoms with Gasteiger partial charge in [-0.1, -0.05) is 0 Å². The van der Waals surface area contributed by atoms with Crippen molar-refractivity contribution < 1.29 is 0 Å². The molecule has 1 atom stereocenters. The normalized spacial score (nSPS) is 21.8. The summed E-state index contributed by atoms with van der Waals surface area (Å²) in [5, 5.41) is 3.38. The van der Waals surface area contributed by atoms with Crippen LogP contribution in [0.2, 0.25) is 0 Å². The van der Waals surface area contributed by atoms with Crippen LogP contribution in [-0.4, -0.2) is 16.5 Å². The maximum atomic E-state index is 4.19. The van der Waals surface area contributed by atoms with E-state index in [1.807, 2.05) is 6.07 Å². The SMILES string of the molecule is Cl.c1cc(C2CCCN2)ncn1. The Morgan fingerprint density at radius 3 is 3.00 bits per heavy atom. The van der Waals surface area contributed by atoms with Crippen LogP contribution in [0.1, 0.15) is 24.6 Å². The van der Waals surface area contributed by atoms with Crippen LogP contribution in [0.25, 0.3) is 0 Å². The predicted molar refractivity (Wildman–Crippen MR) is 49.3 cm³/mol. The number of nitrogens with one attached hydrogen (secondary N) is 1. The molecule has 1 N–H and O–H groups in total. The molecule has 2 heterocycles. The molecule has 1 fully saturated rings. The van der Waals surface area contributed by atoms with Crippen molar-refractivity contribution in [2.24, 2.45) is 0 Å². The van der Waals surface area contributed by atoms with Crippen molar-refractivity contribution in [3.05, 3.63) is 24.3 Å². The first-order valence-corrected chi connectivity index (χ1v) is 3.96. The minimum atomic E-state index is 0. The van der Waals surface area contributed by atoms with Crippen molar-refractivity contribution in [1.29, 1.82) is 0 Å². The lowest BCUT2D eigenvalue weighted by molar-refractivity contribution is 0.625. The Hall–Kier alpha value is -0.670. The van der Waals surface area contributed by atoms with Gasteiger partial charge in [-0.2, -0.15) is 0 Å². The first-order valence-electron chi connectivity index (χ1n) is 3.96. The summed E-state index contributed by atoms with van der Waals surface area (Å²) in [4.78, 5) is 8.07. The zero-order valence-corrected chi connectivity index (χ0v) is 7.55. The van der Waals surface area contributed by atoms with Gasteiger partial charge in [-0.25, -0.2) is 9.97 Å². The second kappa shape index (κ2) is 4.38. The number of hydrogen-bond acceptors (Lipinski definition) is 3. The Labute approximate surface area is 78.0 Å². The minimum Gasteiger partial charge on any atom is -0.309 e. The van der Waals surface area contributed by atoms with Gasteiger partial charge in [0.05, 0.1) is 5.69 Å². The summed E-state index contributed by atoms with van der Waals surface area (Å²) in [7, 11) is 0. The van der Waals surface area contributed by atoms with E-state index in [4.69, 9.17) is 0 Å². The third-order valence-corrected chi connectivity index (χ3v) is 2.02. The summed E-state index contributed by atoms with van der Waals surface area (Å²) in [6.07, 6.45) is 5.86. The number of aromatic nitrogens is 2. The van der Waals surface area contributed by atoms with E-state index in [0.29, 0.717) is 6.04 Å². The summed E-state index contributed by atoms with van der Waals surface area (Å²) in [6, 6.07) is 2.45. The summed E-state index contributed by atoms with van der Waals surface area (Å²) in [5.41, 5.74) is 1.12. The Kier molecular flexibility index (Phi) is 3.44. The largest absolute Gasteiger partial charge is 0.309 e. The van der Waals surface area contributed by atoms with Crippen molar-refractivity contribution in [2.75, 3.05) is 6.54 Å². The van der Waals surface area contributed by atoms with Crippen LogP contribution in [0.15, 0.2) is 18.6 Å². The molecule has 1 aromatic heterocycles. The molecule has 2 rings (SSSR count). The molecule has 1 unspecified atom stereocenters. The molecular formula is C8H12ClN3. The highest BCUT2D eigenvalue weighted by Crippen LogP contribution is 2.19. The van der Waals surface area contributed by atoms with E-state index >= 15 is 0 Å². The lowest BCUT2D eigenvalue weighted by atomic mass is 10.1. The van der Waals surface area contributed by atoms with E-state index in [2.05, 4.69) is 15.3 Å². The van der Waals surface area contributed by atoms with E-state index in [1.54, 1.807) is 12.5 Å². The van der Waals surface area contributed by atoms with Crippen LogP contribution < -0.4 is 5.32 Å². The molecule has 0 spiro atoms. The van der Waals surface area contributed by atoms with Crippen molar-refractivity contribution in [3.63, 3.8) is 0 Å². The number of halogens is 1. The third kappa shape index (κ3) is 1.93. The first-order chi connectivity index (χ1) is 5.47.